The zero-order chi connectivity index (χ0) is 7.40. The lowest BCUT2D eigenvalue weighted by molar-refractivity contribution is 0.338. The largest absolute Gasteiger partial charge is 0.492 e. The van der Waals surface area contributed by atoms with E-state index in [0.29, 0.717) is 6.61 Å². The maximum absolute atomic E-state index is 5.20. The lowest BCUT2D eigenvalue weighted by Crippen LogP contribution is -1.91. The van der Waals surface area contributed by atoms with Gasteiger partial charge in [-0.3, -0.25) is 4.98 Å². The molecule has 10 heavy (non-hydrogen) atoms. The number of aryl methyl sites for hydroxylation is 1. The molecule has 54 valence electrons. The van der Waals surface area contributed by atoms with E-state index in [4.69, 9.17) is 4.74 Å². The Balaban J connectivity index is 2.69. The molecule has 1 aromatic rings. The minimum Gasteiger partial charge on any atom is -0.492 e. The molecular weight excluding hydrogens is 126 g/mol. The van der Waals surface area contributed by atoms with Crippen LogP contribution in [0.2, 0.25) is 0 Å². The number of hydrogen-bond acceptors (Lipinski definition) is 2. The van der Waals surface area contributed by atoms with Gasteiger partial charge in [-0.1, -0.05) is 0 Å². The van der Waals surface area contributed by atoms with Crippen molar-refractivity contribution in [3.8, 4) is 5.75 Å². The molecule has 0 aromatic carbocycles. The van der Waals surface area contributed by atoms with E-state index in [1.165, 1.54) is 0 Å². The molecule has 1 heterocycles. The molecule has 0 unspecified atom stereocenters. The molecule has 0 aliphatic carbocycles. The summed E-state index contributed by atoms with van der Waals surface area (Å²) < 4.78 is 5.20. The molecule has 2 heteroatoms. The normalized spacial score (nSPS) is 9.40. The quantitative estimate of drug-likeness (QED) is 0.620. The van der Waals surface area contributed by atoms with Crippen LogP contribution in [0.3, 0.4) is 0 Å². The van der Waals surface area contributed by atoms with Crippen LogP contribution < -0.4 is 4.74 Å². The second-order valence-corrected chi connectivity index (χ2v) is 2.07. The van der Waals surface area contributed by atoms with Crippen molar-refractivity contribution in [2.24, 2.45) is 0 Å². The highest BCUT2D eigenvalue weighted by Crippen LogP contribution is 2.07. The third kappa shape index (κ3) is 1.72. The van der Waals surface area contributed by atoms with Crippen LogP contribution in [0.4, 0.5) is 0 Å². The molecule has 0 saturated carbocycles. The lowest BCUT2D eigenvalue weighted by Gasteiger charge is -2.00. The topological polar surface area (TPSA) is 22.1 Å². The summed E-state index contributed by atoms with van der Waals surface area (Å²) >= 11 is 0. The molecule has 0 amide bonds. The average Bonchev–Trinajstić information content (AvgIpc) is 1.95. The van der Waals surface area contributed by atoms with Gasteiger partial charge in [0.05, 0.1) is 12.8 Å². The van der Waals surface area contributed by atoms with Gasteiger partial charge in [-0.2, -0.15) is 0 Å². The molecule has 1 rings (SSSR count). The highest BCUT2D eigenvalue weighted by Gasteiger charge is 1.89. The summed E-state index contributed by atoms with van der Waals surface area (Å²) in [6.07, 6.45) is 1.73. The minimum absolute atomic E-state index is 0.699. The van der Waals surface area contributed by atoms with Crippen LogP contribution >= 0.6 is 0 Å². The van der Waals surface area contributed by atoms with Gasteiger partial charge in [0.1, 0.15) is 5.75 Å². The minimum atomic E-state index is 0.699. The Kier molecular flexibility index (Phi) is 2.26. The van der Waals surface area contributed by atoms with Gasteiger partial charge in [0, 0.05) is 5.69 Å². The predicted octanol–water partition coefficient (Wildman–Crippen LogP) is 1.79. The fourth-order valence-electron chi connectivity index (χ4n) is 0.706. The summed E-state index contributed by atoms with van der Waals surface area (Å²) in [5.74, 6) is 0.841. The SMILES string of the molecule is CCOc1ccc(C)nc1. The third-order valence-electron chi connectivity index (χ3n) is 1.20. The average molecular weight is 137 g/mol. The van der Waals surface area contributed by atoms with E-state index in [1.807, 2.05) is 26.0 Å². The van der Waals surface area contributed by atoms with Crippen molar-refractivity contribution in [1.29, 1.82) is 0 Å². The van der Waals surface area contributed by atoms with E-state index in [0.717, 1.165) is 11.4 Å². The Bertz CT molecular complexity index is 193. The molecule has 1 aromatic heterocycles. The fourth-order valence-corrected chi connectivity index (χ4v) is 0.706. The summed E-state index contributed by atoms with van der Waals surface area (Å²) in [5.41, 5.74) is 1.02. The lowest BCUT2D eigenvalue weighted by atomic mass is 10.4. The van der Waals surface area contributed by atoms with Crippen molar-refractivity contribution < 1.29 is 4.74 Å². The molecule has 0 atom stereocenters. The molecule has 0 N–H and O–H groups in total. The van der Waals surface area contributed by atoms with Crippen LogP contribution in [-0.2, 0) is 0 Å². The highest BCUT2D eigenvalue weighted by molar-refractivity contribution is 5.18. The van der Waals surface area contributed by atoms with Crippen LogP contribution in [0.5, 0.6) is 5.75 Å². The van der Waals surface area contributed by atoms with Crippen LogP contribution in [0.15, 0.2) is 18.3 Å². The molecule has 2 nitrogen and oxygen atoms in total. The summed E-state index contributed by atoms with van der Waals surface area (Å²) in [4.78, 5) is 4.07. The van der Waals surface area contributed by atoms with Crippen molar-refractivity contribution in [3.05, 3.63) is 24.0 Å². The number of rotatable bonds is 2. The van der Waals surface area contributed by atoms with E-state index in [1.54, 1.807) is 6.20 Å². The first-order valence-corrected chi connectivity index (χ1v) is 3.38. The second kappa shape index (κ2) is 3.20. The predicted molar refractivity (Wildman–Crippen MR) is 40.1 cm³/mol. The van der Waals surface area contributed by atoms with Gasteiger partial charge in [-0.25, -0.2) is 0 Å². The molecular formula is C8H11NO. The zero-order valence-corrected chi connectivity index (χ0v) is 6.29. The van der Waals surface area contributed by atoms with Crippen LogP contribution in [0.1, 0.15) is 12.6 Å². The standard InChI is InChI=1S/C8H11NO/c1-3-10-8-5-4-7(2)9-6-8/h4-6H,3H2,1-2H3. The Hall–Kier alpha value is -1.05. The van der Waals surface area contributed by atoms with Crippen molar-refractivity contribution in [2.75, 3.05) is 6.61 Å². The Morgan fingerprint density at radius 2 is 2.30 bits per heavy atom. The smallest absolute Gasteiger partial charge is 0.137 e. The van der Waals surface area contributed by atoms with E-state index in [2.05, 4.69) is 4.98 Å². The van der Waals surface area contributed by atoms with Crippen LogP contribution in [0.25, 0.3) is 0 Å². The first-order chi connectivity index (χ1) is 4.83. The molecule has 0 bridgehead atoms. The van der Waals surface area contributed by atoms with Crippen molar-refractivity contribution >= 4 is 0 Å². The summed E-state index contributed by atoms with van der Waals surface area (Å²) in [6, 6.07) is 3.86. The van der Waals surface area contributed by atoms with E-state index >= 15 is 0 Å². The van der Waals surface area contributed by atoms with Crippen molar-refractivity contribution in [2.45, 2.75) is 13.8 Å². The van der Waals surface area contributed by atoms with Gasteiger partial charge in [-0.15, -0.1) is 0 Å². The van der Waals surface area contributed by atoms with Crippen LogP contribution in [0, 0.1) is 6.92 Å². The van der Waals surface area contributed by atoms with Crippen molar-refractivity contribution in [3.63, 3.8) is 0 Å². The maximum atomic E-state index is 5.20. The Morgan fingerprint density at radius 3 is 2.80 bits per heavy atom. The second-order valence-electron chi connectivity index (χ2n) is 2.07. The van der Waals surface area contributed by atoms with Crippen LogP contribution in [-0.4, -0.2) is 11.6 Å². The van der Waals surface area contributed by atoms with Gasteiger partial charge in [0.15, 0.2) is 0 Å². The number of pyridine rings is 1. The van der Waals surface area contributed by atoms with Crippen molar-refractivity contribution in [1.82, 2.24) is 4.98 Å². The van der Waals surface area contributed by atoms with E-state index in [9.17, 15) is 0 Å². The summed E-state index contributed by atoms with van der Waals surface area (Å²) in [7, 11) is 0. The molecule has 0 spiro atoms. The molecule has 0 radical (unpaired) electrons. The van der Waals surface area contributed by atoms with Gasteiger partial charge in [-0.05, 0) is 26.0 Å². The first kappa shape index (κ1) is 7.06. The Morgan fingerprint density at radius 1 is 1.50 bits per heavy atom. The first-order valence-electron chi connectivity index (χ1n) is 3.38. The van der Waals surface area contributed by atoms with E-state index in [-0.39, 0.29) is 0 Å². The maximum Gasteiger partial charge on any atom is 0.137 e. The molecule has 0 saturated heterocycles. The van der Waals surface area contributed by atoms with Gasteiger partial charge in [0.25, 0.3) is 0 Å². The highest BCUT2D eigenvalue weighted by atomic mass is 16.5. The summed E-state index contributed by atoms with van der Waals surface area (Å²) in [5, 5.41) is 0. The van der Waals surface area contributed by atoms with Gasteiger partial charge < -0.3 is 4.74 Å². The third-order valence-corrected chi connectivity index (χ3v) is 1.20. The fraction of sp³-hybridized carbons (Fsp3) is 0.375. The summed E-state index contributed by atoms with van der Waals surface area (Å²) in [6.45, 7) is 4.61. The number of ether oxygens (including phenoxy) is 1. The van der Waals surface area contributed by atoms with E-state index < -0.39 is 0 Å². The molecule has 0 aliphatic heterocycles. The zero-order valence-electron chi connectivity index (χ0n) is 6.29. The molecule has 0 aliphatic rings. The van der Waals surface area contributed by atoms with Gasteiger partial charge >= 0.3 is 0 Å². The van der Waals surface area contributed by atoms with Gasteiger partial charge in [0.2, 0.25) is 0 Å². The number of aromatic nitrogens is 1. The monoisotopic (exact) mass is 137 g/mol. The Labute approximate surface area is 60.9 Å². The number of hydrogen-bond donors (Lipinski definition) is 0. The number of nitrogens with zero attached hydrogens (tertiary/aromatic N) is 1. The molecule has 0 fully saturated rings.